The van der Waals surface area contributed by atoms with Gasteiger partial charge in [-0.2, -0.15) is 0 Å². The third-order valence-electron chi connectivity index (χ3n) is 12.8. The number of rotatable bonds is 10. The van der Waals surface area contributed by atoms with Crippen molar-refractivity contribution in [1.29, 1.82) is 0 Å². The Hall–Kier alpha value is -0.970. The van der Waals surface area contributed by atoms with Gasteiger partial charge >= 0.3 is 5.97 Å². The molecule has 0 aromatic carbocycles. The maximum Gasteiger partial charge on any atom is 0.311 e. The fourth-order valence-corrected chi connectivity index (χ4v) is 9.36. The highest BCUT2D eigenvalue weighted by atomic mass is 16.7. The predicted molar refractivity (Wildman–Crippen MR) is 189 cm³/mol. The summed E-state index contributed by atoms with van der Waals surface area (Å²) in [7, 11) is 3.51. The molecule has 298 valence electrons. The van der Waals surface area contributed by atoms with Crippen LogP contribution in [0.4, 0.5) is 0 Å². The van der Waals surface area contributed by atoms with Crippen molar-refractivity contribution in [3.63, 3.8) is 0 Å². The molecule has 4 fully saturated rings. The minimum Gasteiger partial charge on any atom is -0.459 e. The Balaban J connectivity index is 1.82. The van der Waals surface area contributed by atoms with Crippen LogP contribution >= 0.6 is 0 Å². The lowest BCUT2D eigenvalue weighted by Crippen LogP contribution is -2.60. The van der Waals surface area contributed by atoms with Crippen LogP contribution in [-0.2, 0) is 38.0 Å². The number of methoxy groups -OCH3 is 1. The lowest BCUT2D eigenvalue weighted by molar-refractivity contribution is -0.318. The second-order valence-corrected chi connectivity index (χ2v) is 16.9. The summed E-state index contributed by atoms with van der Waals surface area (Å²) in [6.07, 6.45) is -7.34. The van der Waals surface area contributed by atoms with E-state index in [1.54, 1.807) is 27.7 Å². The van der Waals surface area contributed by atoms with Crippen LogP contribution < -0.4 is 0 Å². The molecule has 0 saturated carbocycles. The molecule has 2 bridgehead atoms. The number of ether oxygens (including phenoxy) is 7. The maximum atomic E-state index is 14.3. The number of aliphatic hydroxyl groups is 4. The summed E-state index contributed by atoms with van der Waals surface area (Å²) in [5.41, 5.74) is -3.72. The first-order valence-corrected chi connectivity index (χ1v) is 19.2. The van der Waals surface area contributed by atoms with Crippen LogP contribution in [0.3, 0.4) is 0 Å². The predicted octanol–water partition coefficient (Wildman–Crippen LogP) is 3.01. The van der Waals surface area contributed by atoms with E-state index in [2.05, 4.69) is 11.8 Å². The normalized spacial score (nSPS) is 48.8. The molecule has 4 rings (SSSR count). The van der Waals surface area contributed by atoms with Crippen LogP contribution in [0.2, 0.25) is 0 Å². The monoisotopic (exact) mass is 731 g/mol. The van der Waals surface area contributed by atoms with Gasteiger partial charge in [0.15, 0.2) is 12.6 Å². The number of aliphatic hydroxyl groups excluding tert-OH is 3. The number of hydrogen-bond acceptors (Lipinski definition) is 13. The summed E-state index contributed by atoms with van der Waals surface area (Å²) in [5, 5.41) is 45.4. The Bertz CT molecular complexity index is 1160. The van der Waals surface area contributed by atoms with Gasteiger partial charge in [-0.15, -0.1) is 0 Å². The fourth-order valence-electron chi connectivity index (χ4n) is 9.36. The van der Waals surface area contributed by atoms with E-state index in [4.69, 9.17) is 33.2 Å². The van der Waals surface area contributed by atoms with Crippen LogP contribution in [0.5, 0.6) is 0 Å². The second-order valence-electron chi connectivity index (χ2n) is 16.9. The molecule has 0 aromatic heterocycles. The van der Waals surface area contributed by atoms with Crippen molar-refractivity contribution >= 4 is 5.97 Å². The molecule has 0 unspecified atom stereocenters. The van der Waals surface area contributed by atoms with Crippen molar-refractivity contribution in [1.82, 2.24) is 4.90 Å². The molecule has 0 aliphatic carbocycles. The number of carbonyl (C=O) groups excluding carboxylic acids is 1. The molecule has 4 N–H and O–H groups in total. The highest BCUT2D eigenvalue weighted by Crippen LogP contribution is 2.48. The van der Waals surface area contributed by atoms with E-state index in [-0.39, 0.29) is 30.9 Å². The third-order valence-corrected chi connectivity index (χ3v) is 12.8. The molecular formula is C38H69NO12. The van der Waals surface area contributed by atoms with Gasteiger partial charge in [0, 0.05) is 31.4 Å². The van der Waals surface area contributed by atoms with Crippen molar-refractivity contribution in [2.75, 3.05) is 20.7 Å². The quantitative estimate of drug-likeness (QED) is 0.243. The average molecular weight is 732 g/mol. The molecule has 0 aromatic rings. The van der Waals surface area contributed by atoms with Crippen molar-refractivity contribution in [2.24, 2.45) is 23.7 Å². The zero-order valence-corrected chi connectivity index (χ0v) is 33.3. The van der Waals surface area contributed by atoms with E-state index in [9.17, 15) is 25.2 Å². The SMILES string of the molecule is CC[C@@H](O)[C@@](C)(O)[C@@H]1OC(=O)[C@H](C)[C@@H](O[C@H]2C[C@@](C)(OC)[C@@H](O)[C@H](C)O2)[C@H](C)[C@@H](O[C@@H]2O[C@H](C)C[C@H](N(C)CC)[C@H]2O)[C@@]2(C)C[C@@H](C)[C@H](O2)[C@@H]1C. The number of hydrogen-bond donors (Lipinski definition) is 4. The van der Waals surface area contributed by atoms with Crippen LogP contribution in [0.15, 0.2) is 0 Å². The molecule has 0 spiro atoms. The molecule has 0 radical (unpaired) electrons. The summed E-state index contributed by atoms with van der Waals surface area (Å²) in [6.45, 7) is 21.1. The summed E-state index contributed by atoms with van der Waals surface area (Å²) in [5.74, 6) is -2.67. The highest BCUT2D eigenvalue weighted by Gasteiger charge is 2.59. The Kier molecular flexibility index (Phi) is 13.8. The van der Waals surface area contributed by atoms with Gasteiger partial charge in [0.1, 0.15) is 23.9 Å². The van der Waals surface area contributed by atoms with Gasteiger partial charge < -0.3 is 58.5 Å². The van der Waals surface area contributed by atoms with Gasteiger partial charge in [0.2, 0.25) is 0 Å². The van der Waals surface area contributed by atoms with Gasteiger partial charge in [0.05, 0.1) is 53.7 Å². The first-order valence-electron chi connectivity index (χ1n) is 19.2. The fraction of sp³-hybridized carbons (Fsp3) is 0.974. The Morgan fingerprint density at radius 3 is 2.25 bits per heavy atom. The number of carbonyl (C=O) groups is 1. The van der Waals surface area contributed by atoms with Crippen LogP contribution in [0.1, 0.15) is 102 Å². The number of cyclic esters (lactones) is 1. The average Bonchev–Trinajstić information content (AvgIpc) is 3.40. The molecule has 19 atom stereocenters. The second kappa shape index (κ2) is 16.4. The van der Waals surface area contributed by atoms with Crippen molar-refractivity contribution < 1.29 is 58.4 Å². The minimum atomic E-state index is -1.79. The molecule has 13 nitrogen and oxygen atoms in total. The molecule has 13 heteroatoms. The largest absolute Gasteiger partial charge is 0.459 e. The maximum absolute atomic E-state index is 14.3. The van der Waals surface area contributed by atoms with Gasteiger partial charge in [-0.3, -0.25) is 4.79 Å². The van der Waals surface area contributed by atoms with E-state index >= 15 is 0 Å². The molecule has 4 saturated heterocycles. The summed E-state index contributed by atoms with van der Waals surface area (Å²) in [4.78, 5) is 16.4. The third kappa shape index (κ3) is 8.49. The number of fused-ring (bicyclic) bond motifs is 2. The van der Waals surface area contributed by atoms with Crippen LogP contribution in [-0.4, -0.2) is 142 Å². The van der Waals surface area contributed by atoms with E-state index in [1.807, 2.05) is 41.7 Å². The standard InChI is InChI=1S/C38H69NO12/c1-14-26(40)38(11,44)33-21(5)29-19(3)17-37(10,51-29)32(50-35-28(41)25(39(12)15-2)16-20(4)46-35)22(6)30(23(7)34(43)49-33)48-27-18-36(9,45-13)31(42)24(8)47-27/h19-33,35,40-42,44H,14-18H2,1-13H3/t19-,20-,21+,22+,23-,24+,25+,26-,27+,28-,29+,30+,31+,32-,33-,35+,36-,37-,38-/m1/s1. The Morgan fingerprint density at radius 1 is 1.02 bits per heavy atom. The van der Waals surface area contributed by atoms with Crippen molar-refractivity contribution in [3.05, 3.63) is 0 Å². The smallest absolute Gasteiger partial charge is 0.311 e. The topological polar surface area (TPSA) is 166 Å². The minimum absolute atomic E-state index is 0.0585. The van der Waals surface area contributed by atoms with Gasteiger partial charge in [-0.05, 0) is 80.3 Å². The van der Waals surface area contributed by atoms with E-state index in [1.165, 1.54) is 14.0 Å². The molecular weight excluding hydrogens is 662 g/mol. The molecule has 0 amide bonds. The summed E-state index contributed by atoms with van der Waals surface area (Å²) in [6, 6.07) is -0.199. The molecule has 4 aliphatic heterocycles. The molecule has 51 heavy (non-hydrogen) atoms. The molecule has 4 aliphatic rings. The summed E-state index contributed by atoms with van der Waals surface area (Å²) >= 11 is 0. The van der Waals surface area contributed by atoms with Crippen molar-refractivity contribution in [2.45, 2.75) is 192 Å². The first kappa shape index (κ1) is 42.8. The van der Waals surface area contributed by atoms with E-state index in [0.717, 1.165) is 6.54 Å². The van der Waals surface area contributed by atoms with E-state index < -0.39 is 102 Å². The van der Waals surface area contributed by atoms with Gasteiger partial charge in [0.25, 0.3) is 0 Å². The lowest BCUT2D eigenvalue weighted by atomic mass is 9.76. The highest BCUT2D eigenvalue weighted by molar-refractivity contribution is 5.73. The van der Waals surface area contributed by atoms with Gasteiger partial charge in [-0.25, -0.2) is 0 Å². The molecule has 4 heterocycles. The number of esters is 1. The van der Waals surface area contributed by atoms with Crippen LogP contribution in [0.25, 0.3) is 0 Å². The Morgan fingerprint density at radius 2 is 1.67 bits per heavy atom. The number of likely N-dealkylation sites (N-methyl/N-ethyl adjacent to an activating group) is 1. The lowest BCUT2D eigenvalue weighted by Gasteiger charge is -2.48. The van der Waals surface area contributed by atoms with E-state index in [0.29, 0.717) is 12.8 Å². The first-order chi connectivity index (χ1) is 23.6. The van der Waals surface area contributed by atoms with Crippen molar-refractivity contribution in [3.8, 4) is 0 Å². The zero-order chi connectivity index (χ0) is 38.4. The summed E-state index contributed by atoms with van der Waals surface area (Å²) < 4.78 is 45.2. The van der Waals surface area contributed by atoms with Crippen LogP contribution in [0, 0.1) is 23.7 Å². The number of nitrogens with zero attached hydrogens (tertiary/aromatic N) is 1. The van der Waals surface area contributed by atoms with Gasteiger partial charge in [-0.1, -0.05) is 34.6 Å². The zero-order valence-electron chi connectivity index (χ0n) is 33.3. The Labute approximate surface area is 305 Å².